The highest BCUT2D eigenvalue weighted by Crippen LogP contribution is 2.14. The van der Waals surface area contributed by atoms with Crippen molar-refractivity contribution in [2.75, 3.05) is 53.1 Å². The van der Waals surface area contributed by atoms with Gasteiger partial charge < -0.3 is 30.2 Å². The van der Waals surface area contributed by atoms with E-state index in [1.54, 1.807) is 7.11 Å². The standard InChI is InChI=1S/C11H23NO.C11H21NO.C8H17NO.C2H6/c2*1-11(2,3)13-9-5-7-10-6-4-8-12-10;1-10-6-2-3-8-4-5-9-7-8;1-2/h10,12H,4-9H2,1-3H3;7,12H,4-6,8-9H2,1-3H3;8-9H,2-7H2,1H3;1-2H3/b;10-7+;;/t10-;;;/m1.../s1. The van der Waals surface area contributed by atoms with Crippen molar-refractivity contribution in [3.63, 3.8) is 0 Å². The van der Waals surface area contributed by atoms with Gasteiger partial charge in [0.2, 0.25) is 0 Å². The Morgan fingerprint density at radius 1 is 0.816 bits per heavy atom. The number of nitrogens with one attached hydrogen (secondary N) is 3. The summed E-state index contributed by atoms with van der Waals surface area (Å²) in [6.45, 7) is 24.1. The number of hydrogen-bond donors (Lipinski definition) is 3. The second-order valence-electron chi connectivity index (χ2n) is 12.4. The molecule has 228 valence electrons. The van der Waals surface area contributed by atoms with Crippen molar-refractivity contribution in [2.24, 2.45) is 5.92 Å². The van der Waals surface area contributed by atoms with E-state index >= 15 is 0 Å². The van der Waals surface area contributed by atoms with Crippen LogP contribution in [0.3, 0.4) is 0 Å². The number of methoxy groups -OCH3 is 1. The Morgan fingerprint density at radius 2 is 1.50 bits per heavy atom. The van der Waals surface area contributed by atoms with E-state index in [0.717, 1.165) is 44.7 Å². The quantitative estimate of drug-likeness (QED) is 0.249. The zero-order chi connectivity index (χ0) is 28.7. The van der Waals surface area contributed by atoms with Gasteiger partial charge in [-0.3, -0.25) is 0 Å². The van der Waals surface area contributed by atoms with E-state index in [0.29, 0.717) is 0 Å². The first-order chi connectivity index (χ1) is 18.1. The molecule has 0 bridgehead atoms. The molecule has 3 rings (SSSR count). The summed E-state index contributed by atoms with van der Waals surface area (Å²) < 4.78 is 16.3. The zero-order valence-electron chi connectivity index (χ0n) is 27.0. The van der Waals surface area contributed by atoms with Crippen molar-refractivity contribution in [2.45, 2.75) is 137 Å². The van der Waals surface area contributed by atoms with Crippen molar-refractivity contribution in [1.82, 2.24) is 16.0 Å². The fourth-order valence-corrected chi connectivity index (χ4v) is 4.58. The van der Waals surface area contributed by atoms with E-state index in [1.807, 2.05) is 13.8 Å². The molecule has 0 saturated carbocycles. The van der Waals surface area contributed by atoms with Gasteiger partial charge in [0, 0.05) is 38.6 Å². The third-order valence-electron chi connectivity index (χ3n) is 6.54. The lowest BCUT2D eigenvalue weighted by Gasteiger charge is -2.20. The summed E-state index contributed by atoms with van der Waals surface area (Å²) in [5.41, 5.74) is 1.43. The number of ether oxygens (including phenoxy) is 3. The average molecular weight is 542 g/mol. The average Bonchev–Trinajstić information content (AvgIpc) is 3.65. The molecule has 0 aromatic rings. The second-order valence-corrected chi connectivity index (χ2v) is 12.4. The molecule has 3 aliphatic rings. The molecule has 3 aliphatic heterocycles. The molecule has 0 spiro atoms. The summed E-state index contributed by atoms with van der Waals surface area (Å²) in [6.07, 6.45) is 14.9. The Hall–Kier alpha value is -0.660. The molecule has 0 radical (unpaired) electrons. The minimum atomic E-state index is 0.00160. The van der Waals surface area contributed by atoms with Gasteiger partial charge in [-0.15, -0.1) is 0 Å². The lowest BCUT2D eigenvalue weighted by atomic mass is 10.0. The van der Waals surface area contributed by atoms with Crippen LogP contribution in [-0.2, 0) is 14.2 Å². The van der Waals surface area contributed by atoms with Crippen LogP contribution in [0, 0.1) is 5.92 Å². The third kappa shape index (κ3) is 24.4. The predicted molar refractivity (Wildman–Crippen MR) is 165 cm³/mol. The molecule has 6 heteroatoms. The topological polar surface area (TPSA) is 63.8 Å². The van der Waals surface area contributed by atoms with Crippen molar-refractivity contribution in [3.8, 4) is 0 Å². The van der Waals surface area contributed by atoms with Gasteiger partial charge in [0.15, 0.2) is 0 Å². The zero-order valence-corrected chi connectivity index (χ0v) is 27.0. The van der Waals surface area contributed by atoms with E-state index < -0.39 is 0 Å². The Morgan fingerprint density at radius 3 is 2.03 bits per heavy atom. The van der Waals surface area contributed by atoms with Gasteiger partial charge in [-0.2, -0.15) is 0 Å². The fraction of sp³-hybridized carbons (Fsp3) is 0.938. The molecule has 1 unspecified atom stereocenters. The normalized spacial score (nSPS) is 22.1. The molecule has 38 heavy (non-hydrogen) atoms. The minimum absolute atomic E-state index is 0.00160. The van der Waals surface area contributed by atoms with Gasteiger partial charge in [-0.05, 0) is 131 Å². The maximum atomic E-state index is 5.66. The minimum Gasteiger partial charge on any atom is -0.389 e. The largest absolute Gasteiger partial charge is 0.389 e. The summed E-state index contributed by atoms with van der Waals surface area (Å²) in [6, 6.07) is 0.767. The molecule has 3 fully saturated rings. The van der Waals surface area contributed by atoms with E-state index in [2.05, 4.69) is 63.6 Å². The molecule has 0 amide bonds. The third-order valence-corrected chi connectivity index (χ3v) is 6.54. The van der Waals surface area contributed by atoms with E-state index in [-0.39, 0.29) is 11.2 Å². The summed E-state index contributed by atoms with van der Waals surface area (Å²) in [7, 11) is 1.77. The highest BCUT2D eigenvalue weighted by atomic mass is 16.5. The van der Waals surface area contributed by atoms with Gasteiger partial charge in [0.05, 0.1) is 17.8 Å². The monoisotopic (exact) mass is 542 g/mol. The lowest BCUT2D eigenvalue weighted by Crippen LogP contribution is -2.23. The molecule has 3 saturated heterocycles. The summed E-state index contributed by atoms with van der Waals surface area (Å²) >= 11 is 0. The smallest absolute Gasteiger partial charge is 0.0598 e. The van der Waals surface area contributed by atoms with E-state index in [4.69, 9.17) is 14.2 Å². The van der Waals surface area contributed by atoms with Crippen LogP contribution < -0.4 is 16.0 Å². The maximum Gasteiger partial charge on any atom is 0.0598 e. The highest BCUT2D eigenvalue weighted by molar-refractivity contribution is 5.03. The van der Waals surface area contributed by atoms with Gasteiger partial charge in [0.1, 0.15) is 0 Å². The van der Waals surface area contributed by atoms with Crippen molar-refractivity contribution < 1.29 is 14.2 Å². The van der Waals surface area contributed by atoms with Crippen molar-refractivity contribution in [1.29, 1.82) is 0 Å². The van der Waals surface area contributed by atoms with Crippen LogP contribution in [0.25, 0.3) is 0 Å². The molecular formula is C32H67N3O3. The summed E-state index contributed by atoms with van der Waals surface area (Å²) in [5.74, 6) is 0.926. The van der Waals surface area contributed by atoms with Crippen LogP contribution in [0.4, 0.5) is 0 Å². The lowest BCUT2D eigenvalue weighted by molar-refractivity contribution is -0.00525. The molecule has 0 aromatic carbocycles. The molecule has 2 atom stereocenters. The van der Waals surface area contributed by atoms with Gasteiger partial charge >= 0.3 is 0 Å². The van der Waals surface area contributed by atoms with Gasteiger partial charge in [0.25, 0.3) is 0 Å². The first kappa shape index (κ1) is 37.3. The number of allylic oxidation sites excluding steroid dienone is 1. The fourth-order valence-electron chi connectivity index (χ4n) is 4.58. The number of rotatable bonds is 11. The van der Waals surface area contributed by atoms with Crippen LogP contribution in [0.15, 0.2) is 11.8 Å². The van der Waals surface area contributed by atoms with Crippen LogP contribution in [0.2, 0.25) is 0 Å². The number of hydrogen-bond acceptors (Lipinski definition) is 6. The Bertz CT molecular complexity index is 535. The van der Waals surface area contributed by atoms with Crippen LogP contribution in [0.5, 0.6) is 0 Å². The van der Waals surface area contributed by atoms with Crippen LogP contribution in [-0.4, -0.2) is 70.4 Å². The highest BCUT2D eigenvalue weighted by Gasteiger charge is 2.15. The Balaban J connectivity index is 0.000000527. The first-order valence-electron chi connectivity index (χ1n) is 15.7. The summed E-state index contributed by atoms with van der Waals surface area (Å²) in [5, 5.41) is 10.2. The van der Waals surface area contributed by atoms with E-state index in [1.165, 1.54) is 83.1 Å². The molecule has 6 nitrogen and oxygen atoms in total. The Labute approximate surface area is 237 Å². The van der Waals surface area contributed by atoms with Gasteiger partial charge in [-0.1, -0.05) is 19.9 Å². The summed E-state index contributed by atoms with van der Waals surface area (Å²) in [4.78, 5) is 0. The maximum absolute atomic E-state index is 5.66. The molecule has 0 aromatic heterocycles. The van der Waals surface area contributed by atoms with Crippen LogP contribution >= 0.6 is 0 Å². The van der Waals surface area contributed by atoms with E-state index in [9.17, 15) is 0 Å². The molecule has 3 N–H and O–H groups in total. The van der Waals surface area contributed by atoms with Crippen molar-refractivity contribution in [3.05, 3.63) is 11.8 Å². The Kier molecular flexibility index (Phi) is 22.7. The molecule has 3 heterocycles. The van der Waals surface area contributed by atoms with Crippen molar-refractivity contribution >= 4 is 0 Å². The SMILES string of the molecule is CC.CC(C)(C)OCC/C=C1\CCCN1.CC(C)(C)OCCC[C@H]1CCCN1.COCCCC1CCNC1. The second kappa shape index (κ2) is 23.1. The van der Waals surface area contributed by atoms with Gasteiger partial charge in [-0.25, -0.2) is 0 Å². The van der Waals surface area contributed by atoms with Crippen LogP contribution in [0.1, 0.15) is 120 Å². The first-order valence-corrected chi connectivity index (χ1v) is 15.7. The predicted octanol–water partition coefficient (Wildman–Crippen LogP) is 6.84. The molecule has 0 aliphatic carbocycles. The molecular weight excluding hydrogens is 474 g/mol.